The normalized spacial score (nSPS) is 25.4. The molecule has 1 aromatic carbocycles. The molecule has 0 radical (unpaired) electrons. The standard InChI is InChI=1S/C14H19F2NO3/c1-3-19-12-8-11(13(12)18-2)17-9-5-4-6-10(7-9)20-14(15)16/h4-7,11-14,17H,3,8H2,1-2H3. The highest BCUT2D eigenvalue weighted by Gasteiger charge is 2.42. The summed E-state index contributed by atoms with van der Waals surface area (Å²) in [5.74, 6) is 0.139. The van der Waals surface area contributed by atoms with E-state index in [9.17, 15) is 8.78 Å². The van der Waals surface area contributed by atoms with Gasteiger partial charge in [-0.3, -0.25) is 0 Å². The number of benzene rings is 1. The Hall–Kier alpha value is -1.40. The lowest BCUT2D eigenvalue weighted by molar-refractivity contribution is -0.118. The summed E-state index contributed by atoms with van der Waals surface area (Å²) >= 11 is 0. The van der Waals surface area contributed by atoms with Crippen LogP contribution in [-0.2, 0) is 9.47 Å². The third kappa shape index (κ3) is 3.58. The lowest BCUT2D eigenvalue weighted by Gasteiger charge is -2.43. The van der Waals surface area contributed by atoms with Gasteiger partial charge in [-0.25, -0.2) is 0 Å². The number of ether oxygens (including phenoxy) is 3. The van der Waals surface area contributed by atoms with Crippen molar-refractivity contribution in [3.05, 3.63) is 24.3 Å². The smallest absolute Gasteiger partial charge is 0.387 e. The van der Waals surface area contributed by atoms with Crippen LogP contribution < -0.4 is 10.1 Å². The van der Waals surface area contributed by atoms with E-state index in [0.717, 1.165) is 12.1 Å². The maximum Gasteiger partial charge on any atom is 0.387 e. The second-order valence-corrected chi connectivity index (χ2v) is 4.59. The molecule has 0 spiro atoms. The summed E-state index contributed by atoms with van der Waals surface area (Å²) in [4.78, 5) is 0. The summed E-state index contributed by atoms with van der Waals surface area (Å²) < 4.78 is 39.6. The first-order chi connectivity index (χ1) is 9.63. The van der Waals surface area contributed by atoms with Crippen LogP contribution in [-0.4, -0.2) is 38.6 Å². The van der Waals surface area contributed by atoms with Gasteiger partial charge in [0.25, 0.3) is 0 Å². The predicted molar refractivity (Wildman–Crippen MR) is 71.3 cm³/mol. The van der Waals surface area contributed by atoms with Crippen molar-refractivity contribution >= 4 is 5.69 Å². The van der Waals surface area contributed by atoms with Gasteiger partial charge in [0.2, 0.25) is 0 Å². The predicted octanol–water partition coefficient (Wildman–Crippen LogP) is 2.89. The quantitative estimate of drug-likeness (QED) is 0.837. The highest BCUT2D eigenvalue weighted by Crippen LogP contribution is 2.30. The first-order valence-electron chi connectivity index (χ1n) is 6.59. The number of alkyl halides is 2. The van der Waals surface area contributed by atoms with E-state index in [1.807, 2.05) is 6.92 Å². The van der Waals surface area contributed by atoms with Gasteiger partial charge in [0.05, 0.1) is 12.1 Å². The molecule has 1 aromatic rings. The maximum absolute atomic E-state index is 12.2. The number of anilines is 1. The van der Waals surface area contributed by atoms with E-state index in [-0.39, 0.29) is 24.0 Å². The minimum absolute atomic E-state index is 0.0328. The zero-order chi connectivity index (χ0) is 14.5. The Morgan fingerprint density at radius 2 is 2.20 bits per heavy atom. The van der Waals surface area contributed by atoms with Crippen LogP contribution in [0, 0.1) is 0 Å². The van der Waals surface area contributed by atoms with Crippen molar-refractivity contribution in [3.63, 3.8) is 0 Å². The van der Waals surface area contributed by atoms with Crippen LogP contribution in [0.1, 0.15) is 13.3 Å². The molecule has 2 rings (SSSR count). The molecule has 0 saturated heterocycles. The van der Waals surface area contributed by atoms with Crippen LogP contribution in [0.2, 0.25) is 0 Å². The minimum atomic E-state index is -2.82. The number of hydrogen-bond acceptors (Lipinski definition) is 4. The molecular weight excluding hydrogens is 268 g/mol. The Labute approximate surface area is 117 Å². The summed E-state index contributed by atoms with van der Waals surface area (Å²) in [5.41, 5.74) is 0.727. The van der Waals surface area contributed by atoms with Crippen molar-refractivity contribution in [3.8, 4) is 5.75 Å². The van der Waals surface area contributed by atoms with Gasteiger partial charge in [0.1, 0.15) is 11.9 Å². The highest BCUT2D eigenvalue weighted by atomic mass is 19.3. The average Bonchev–Trinajstić information content (AvgIpc) is 2.37. The lowest BCUT2D eigenvalue weighted by Crippen LogP contribution is -2.56. The van der Waals surface area contributed by atoms with Gasteiger partial charge in [0.15, 0.2) is 0 Å². The maximum atomic E-state index is 12.2. The molecule has 0 bridgehead atoms. The number of hydrogen-bond donors (Lipinski definition) is 1. The zero-order valence-electron chi connectivity index (χ0n) is 11.5. The van der Waals surface area contributed by atoms with E-state index >= 15 is 0 Å². The lowest BCUT2D eigenvalue weighted by atomic mass is 9.85. The fraction of sp³-hybridized carbons (Fsp3) is 0.571. The molecule has 0 heterocycles. The Balaban J connectivity index is 1.93. The molecule has 0 aliphatic heterocycles. The largest absolute Gasteiger partial charge is 0.435 e. The molecule has 0 amide bonds. The molecule has 112 valence electrons. The molecule has 4 nitrogen and oxygen atoms in total. The second kappa shape index (κ2) is 6.85. The summed E-state index contributed by atoms with van der Waals surface area (Å²) in [7, 11) is 1.64. The third-order valence-electron chi connectivity index (χ3n) is 3.31. The molecular formula is C14H19F2NO3. The summed E-state index contributed by atoms with van der Waals surface area (Å²) in [6.07, 6.45) is 0.879. The molecule has 6 heteroatoms. The van der Waals surface area contributed by atoms with Crippen molar-refractivity contribution in [2.45, 2.75) is 38.2 Å². The summed E-state index contributed by atoms with van der Waals surface area (Å²) in [6, 6.07) is 6.62. The van der Waals surface area contributed by atoms with Gasteiger partial charge >= 0.3 is 6.61 Å². The van der Waals surface area contributed by atoms with Crippen LogP contribution in [0.3, 0.4) is 0 Å². The van der Waals surface area contributed by atoms with E-state index in [1.54, 1.807) is 25.3 Å². The molecule has 1 aliphatic rings. The Morgan fingerprint density at radius 1 is 1.40 bits per heavy atom. The minimum Gasteiger partial charge on any atom is -0.435 e. The Bertz CT molecular complexity index is 431. The van der Waals surface area contributed by atoms with E-state index in [4.69, 9.17) is 9.47 Å². The van der Waals surface area contributed by atoms with Crippen LogP contribution in [0.25, 0.3) is 0 Å². The highest BCUT2D eigenvalue weighted by molar-refractivity contribution is 5.49. The van der Waals surface area contributed by atoms with E-state index in [2.05, 4.69) is 10.1 Å². The fourth-order valence-electron chi connectivity index (χ4n) is 2.39. The van der Waals surface area contributed by atoms with Gasteiger partial charge in [-0.1, -0.05) is 6.07 Å². The van der Waals surface area contributed by atoms with Crippen molar-refractivity contribution < 1.29 is 23.0 Å². The van der Waals surface area contributed by atoms with Crippen molar-refractivity contribution in [1.29, 1.82) is 0 Å². The number of nitrogens with one attached hydrogen (secondary N) is 1. The number of methoxy groups -OCH3 is 1. The van der Waals surface area contributed by atoms with Crippen molar-refractivity contribution in [1.82, 2.24) is 0 Å². The van der Waals surface area contributed by atoms with Crippen molar-refractivity contribution in [2.24, 2.45) is 0 Å². The SMILES string of the molecule is CCOC1CC(Nc2cccc(OC(F)F)c2)C1OC. The summed E-state index contributed by atoms with van der Waals surface area (Å²) in [6.45, 7) is -0.226. The van der Waals surface area contributed by atoms with E-state index < -0.39 is 6.61 Å². The first-order valence-corrected chi connectivity index (χ1v) is 6.59. The van der Waals surface area contributed by atoms with Crippen LogP contribution >= 0.6 is 0 Å². The topological polar surface area (TPSA) is 39.7 Å². The van der Waals surface area contributed by atoms with Gasteiger partial charge < -0.3 is 19.5 Å². The fourth-order valence-corrected chi connectivity index (χ4v) is 2.39. The Morgan fingerprint density at radius 3 is 2.85 bits per heavy atom. The van der Waals surface area contributed by atoms with Crippen LogP contribution in [0.15, 0.2) is 24.3 Å². The summed E-state index contributed by atoms with van der Waals surface area (Å²) in [5, 5.41) is 3.25. The molecule has 20 heavy (non-hydrogen) atoms. The van der Waals surface area contributed by atoms with E-state index in [1.165, 1.54) is 6.07 Å². The van der Waals surface area contributed by atoms with Crippen LogP contribution in [0.4, 0.5) is 14.5 Å². The molecule has 1 saturated carbocycles. The number of halogens is 2. The Kier molecular flexibility index (Phi) is 5.14. The molecule has 3 unspecified atom stereocenters. The number of rotatable bonds is 7. The van der Waals surface area contributed by atoms with Gasteiger partial charge in [-0.05, 0) is 25.5 Å². The first kappa shape index (κ1) is 15.0. The zero-order valence-corrected chi connectivity index (χ0v) is 11.5. The molecule has 1 N–H and O–H groups in total. The van der Waals surface area contributed by atoms with Crippen LogP contribution in [0.5, 0.6) is 5.75 Å². The molecule has 1 aliphatic carbocycles. The van der Waals surface area contributed by atoms with Gasteiger partial charge in [0, 0.05) is 25.5 Å². The van der Waals surface area contributed by atoms with E-state index in [0.29, 0.717) is 6.61 Å². The molecule has 3 atom stereocenters. The molecule has 1 fully saturated rings. The third-order valence-corrected chi connectivity index (χ3v) is 3.31. The monoisotopic (exact) mass is 287 g/mol. The van der Waals surface area contributed by atoms with Gasteiger partial charge in [-0.15, -0.1) is 0 Å². The second-order valence-electron chi connectivity index (χ2n) is 4.59. The molecule has 0 aromatic heterocycles. The average molecular weight is 287 g/mol. The van der Waals surface area contributed by atoms with Crippen molar-refractivity contribution in [2.75, 3.05) is 19.0 Å². The van der Waals surface area contributed by atoms with Gasteiger partial charge in [-0.2, -0.15) is 8.78 Å².